The Morgan fingerprint density at radius 1 is 1.30 bits per heavy atom. The molecule has 0 saturated heterocycles. The van der Waals surface area contributed by atoms with Crippen LogP contribution >= 0.6 is 0 Å². The van der Waals surface area contributed by atoms with Gasteiger partial charge in [0.2, 0.25) is 5.88 Å². The number of carbonyl (C=O) groups is 1. The van der Waals surface area contributed by atoms with Gasteiger partial charge in [-0.1, -0.05) is 6.92 Å². The van der Waals surface area contributed by atoms with E-state index in [1.807, 2.05) is 24.6 Å². The molecule has 0 bridgehead atoms. The zero-order valence-electron chi connectivity index (χ0n) is 12.0. The standard InChI is InChI=1S/C14H18N4O2/c1-4-10-6-11(18(5-2)17-10)7-13(19)12-8-14(20-3)16-9-15-12/h6,8-9H,4-5,7H2,1-3H3. The van der Waals surface area contributed by atoms with Crippen LogP contribution < -0.4 is 4.74 Å². The lowest BCUT2D eigenvalue weighted by atomic mass is 10.1. The molecule has 2 heterocycles. The summed E-state index contributed by atoms with van der Waals surface area (Å²) in [7, 11) is 1.51. The third-order valence-electron chi connectivity index (χ3n) is 3.05. The van der Waals surface area contributed by atoms with Gasteiger partial charge >= 0.3 is 0 Å². The maximum Gasteiger partial charge on any atom is 0.216 e. The van der Waals surface area contributed by atoms with Crippen LogP contribution in [0, 0.1) is 0 Å². The fraction of sp³-hybridized carbons (Fsp3) is 0.429. The molecule has 20 heavy (non-hydrogen) atoms. The molecule has 0 spiro atoms. The number of aryl methyl sites for hydroxylation is 2. The lowest BCUT2D eigenvalue weighted by molar-refractivity contribution is 0.0985. The third kappa shape index (κ3) is 3.01. The molecule has 0 radical (unpaired) electrons. The first kappa shape index (κ1) is 14.2. The Labute approximate surface area is 117 Å². The second-order valence-electron chi connectivity index (χ2n) is 4.34. The highest BCUT2D eigenvalue weighted by Gasteiger charge is 2.14. The molecule has 0 unspecified atom stereocenters. The molecule has 2 aromatic rings. The highest BCUT2D eigenvalue weighted by Crippen LogP contribution is 2.12. The molecule has 0 N–H and O–H groups in total. The Kier molecular flexibility index (Phi) is 4.45. The molecule has 2 rings (SSSR count). The molecule has 6 nitrogen and oxygen atoms in total. The first-order valence-corrected chi connectivity index (χ1v) is 6.62. The smallest absolute Gasteiger partial charge is 0.216 e. The second-order valence-corrected chi connectivity index (χ2v) is 4.34. The van der Waals surface area contributed by atoms with Gasteiger partial charge in [0.05, 0.1) is 19.2 Å². The fourth-order valence-electron chi connectivity index (χ4n) is 1.96. The van der Waals surface area contributed by atoms with Crippen molar-refractivity contribution in [2.45, 2.75) is 33.2 Å². The number of Topliss-reactive ketones (excluding diaryl/α,β-unsaturated/α-hetero) is 1. The van der Waals surface area contributed by atoms with Gasteiger partial charge in [0.25, 0.3) is 0 Å². The summed E-state index contributed by atoms with van der Waals surface area (Å²) in [6.07, 6.45) is 2.47. The molecule has 0 aliphatic heterocycles. The number of methoxy groups -OCH3 is 1. The Bertz CT molecular complexity index is 607. The van der Waals surface area contributed by atoms with Gasteiger partial charge in [-0.3, -0.25) is 9.48 Å². The van der Waals surface area contributed by atoms with Crippen LogP contribution in [0.15, 0.2) is 18.5 Å². The Hall–Kier alpha value is -2.24. The molecule has 2 aromatic heterocycles. The first-order chi connectivity index (χ1) is 9.67. The van der Waals surface area contributed by atoms with E-state index in [2.05, 4.69) is 15.1 Å². The minimum atomic E-state index is -0.0667. The Morgan fingerprint density at radius 3 is 2.75 bits per heavy atom. The molecule has 0 aromatic carbocycles. The monoisotopic (exact) mass is 274 g/mol. The number of ketones is 1. The summed E-state index contributed by atoms with van der Waals surface area (Å²) in [6.45, 7) is 4.80. The number of hydrogen-bond acceptors (Lipinski definition) is 5. The van der Waals surface area contributed by atoms with Gasteiger partial charge in [-0.15, -0.1) is 0 Å². The van der Waals surface area contributed by atoms with Crippen LogP contribution in [-0.4, -0.2) is 32.6 Å². The largest absolute Gasteiger partial charge is 0.481 e. The minimum Gasteiger partial charge on any atom is -0.481 e. The fourth-order valence-corrected chi connectivity index (χ4v) is 1.96. The van der Waals surface area contributed by atoms with Crippen LogP contribution in [0.3, 0.4) is 0 Å². The number of nitrogens with zero attached hydrogens (tertiary/aromatic N) is 4. The van der Waals surface area contributed by atoms with Crippen molar-refractivity contribution in [1.82, 2.24) is 19.7 Å². The molecule has 106 valence electrons. The van der Waals surface area contributed by atoms with Crippen molar-refractivity contribution in [3.63, 3.8) is 0 Å². The van der Waals surface area contributed by atoms with E-state index in [9.17, 15) is 4.79 Å². The summed E-state index contributed by atoms with van der Waals surface area (Å²) in [5, 5.41) is 4.43. The number of aromatic nitrogens is 4. The van der Waals surface area contributed by atoms with Crippen LogP contribution in [0.25, 0.3) is 0 Å². The number of carbonyl (C=O) groups excluding carboxylic acids is 1. The van der Waals surface area contributed by atoms with Crippen LogP contribution in [-0.2, 0) is 19.4 Å². The van der Waals surface area contributed by atoms with Crippen LogP contribution in [0.4, 0.5) is 0 Å². The van der Waals surface area contributed by atoms with Gasteiger partial charge in [0.1, 0.15) is 12.0 Å². The topological polar surface area (TPSA) is 69.9 Å². The summed E-state index contributed by atoms with van der Waals surface area (Å²) < 4.78 is 6.86. The minimum absolute atomic E-state index is 0.0667. The lowest BCUT2D eigenvalue weighted by Crippen LogP contribution is -2.11. The summed E-state index contributed by atoms with van der Waals surface area (Å²) in [6, 6.07) is 3.52. The summed E-state index contributed by atoms with van der Waals surface area (Å²) >= 11 is 0. The van der Waals surface area contributed by atoms with E-state index in [4.69, 9.17) is 4.74 Å². The molecular formula is C14H18N4O2. The molecule has 0 amide bonds. The molecule has 0 saturated carbocycles. The van der Waals surface area contributed by atoms with Gasteiger partial charge in [-0.2, -0.15) is 5.10 Å². The van der Waals surface area contributed by atoms with E-state index in [0.29, 0.717) is 11.6 Å². The summed E-state index contributed by atoms with van der Waals surface area (Å²) in [5.41, 5.74) is 2.26. The van der Waals surface area contributed by atoms with E-state index < -0.39 is 0 Å². The van der Waals surface area contributed by atoms with Crippen LogP contribution in [0.5, 0.6) is 5.88 Å². The number of rotatable bonds is 6. The van der Waals surface area contributed by atoms with Gasteiger partial charge in [-0.05, 0) is 19.4 Å². The van der Waals surface area contributed by atoms with Gasteiger partial charge in [0.15, 0.2) is 5.78 Å². The SMILES string of the molecule is CCc1cc(CC(=O)c2cc(OC)ncn2)n(CC)n1. The van der Waals surface area contributed by atoms with Crippen molar-refractivity contribution in [3.8, 4) is 5.88 Å². The van der Waals surface area contributed by atoms with E-state index in [0.717, 1.165) is 24.4 Å². The number of hydrogen-bond donors (Lipinski definition) is 0. The Morgan fingerprint density at radius 2 is 2.10 bits per heavy atom. The van der Waals surface area contributed by atoms with E-state index in [1.165, 1.54) is 13.4 Å². The zero-order valence-corrected chi connectivity index (χ0v) is 12.0. The van der Waals surface area contributed by atoms with Gasteiger partial charge < -0.3 is 4.74 Å². The van der Waals surface area contributed by atoms with Crippen molar-refractivity contribution in [2.75, 3.05) is 7.11 Å². The zero-order chi connectivity index (χ0) is 14.5. The molecule has 0 aliphatic carbocycles. The van der Waals surface area contributed by atoms with E-state index >= 15 is 0 Å². The quantitative estimate of drug-likeness (QED) is 0.750. The molecule has 6 heteroatoms. The predicted molar refractivity (Wildman–Crippen MR) is 73.9 cm³/mol. The average Bonchev–Trinajstić information content (AvgIpc) is 2.89. The summed E-state index contributed by atoms with van der Waals surface area (Å²) in [5.74, 6) is 0.324. The van der Waals surface area contributed by atoms with Crippen molar-refractivity contribution < 1.29 is 9.53 Å². The van der Waals surface area contributed by atoms with Crippen molar-refractivity contribution in [3.05, 3.63) is 35.5 Å². The maximum atomic E-state index is 12.3. The van der Waals surface area contributed by atoms with Crippen molar-refractivity contribution in [1.29, 1.82) is 0 Å². The second kappa shape index (κ2) is 6.27. The van der Waals surface area contributed by atoms with Crippen LogP contribution in [0.1, 0.15) is 35.7 Å². The lowest BCUT2D eigenvalue weighted by Gasteiger charge is -2.04. The molecule has 0 aliphatic rings. The van der Waals surface area contributed by atoms with Gasteiger partial charge in [0, 0.05) is 18.3 Å². The van der Waals surface area contributed by atoms with Crippen LogP contribution in [0.2, 0.25) is 0 Å². The normalized spacial score (nSPS) is 10.6. The predicted octanol–water partition coefficient (Wildman–Crippen LogP) is 1.69. The van der Waals surface area contributed by atoms with E-state index in [-0.39, 0.29) is 12.2 Å². The first-order valence-electron chi connectivity index (χ1n) is 6.62. The molecule has 0 fully saturated rings. The van der Waals surface area contributed by atoms with Gasteiger partial charge in [-0.25, -0.2) is 9.97 Å². The third-order valence-corrected chi connectivity index (χ3v) is 3.05. The van der Waals surface area contributed by atoms with E-state index in [1.54, 1.807) is 6.07 Å². The average molecular weight is 274 g/mol. The number of ether oxygens (including phenoxy) is 1. The molecule has 0 atom stereocenters. The van der Waals surface area contributed by atoms with Crippen molar-refractivity contribution >= 4 is 5.78 Å². The summed E-state index contributed by atoms with van der Waals surface area (Å²) in [4.78, 5) is 20.2. The maximum absolute atomic E-state index is 12.3. The Balaban J connectivity index is 2.20. The molecular weight excluding hydrogens is 256 g/mol. The van der Waals surface area contributed by atoms with Crippen molar-refractivity contribution in [2.24, 2.45) is 0 Å². The highest BCUT2D eigenvalue weighted by atomic mass is 16.5. The highest BCUT2D eigenvalue weighted by molar-refractivity contribution is 5.95.